The second-order valence-electron chi connectivity index (χ2n) is 3.89. The van der Waals surface area contributed by atoms with Gasteiger partial charge in [-0.2, -0.15) is 0 Å². The van der Waals surface area contributed by atoms with Crippen molar-refractivity contribution in [2.24, 2.45) is 0 Å². The molecular weight excluding hydrogens is 324 g/mol. The largest absolute Gasteiger partial charge is 0.398 e. The van der Waals surface area contributed by atoms with Gasteiger partial charge in [0.1, 0.15) is 0 Å². The van der Waals surface area contributed by atoms with E-state index in [4.69, 9.17) is 5.73 Å². The number of hydrogen-bond donors (Lipinski definition) is 2. The molecular formula is C14H13BrN2OS. The molecule has 2 aromatic rings. The summed E-state index contributed by atoms with van der Waals surface area (Å²) in [6.07, 6.45) is 0. The molecule has 5 heteroatoms. The summed E-state index contributed by atoms with van der Waals surface area (Å²) < 4.78 is 0.952. The van der Waals surface area contributed by atoms with E-state index in [0.29, 0.717) is 11.4 Å². The zero-order valence-corrected chi connectivity index (χ0v) is 12.5. The van der Waals surface area contributed by atoms with E-state index in [2.05, 4.69) is 21.2 Å². The number of rotatable bonds is 4. The van der Waals surface area contributed by atoms with Crippen LogP contribution in [0.3, 0.4) is 0 Å². The van der Waals surface area contributed by atoms with Gasteiger partial charge >= 0.3 is 0 Å². The summed E-state index contributed by atoms with van der Waals surface area (Å²) >= 11 is 4.81. The van der Waals surface area contributed by atoms with Crippen LogP contribution in [0.25, 0.3) is 0 Å². The number of carbonyl (C=O) groups is 1. The van der Waals surface area contributed by atoms with E-state index < -0.39 is 0 Å². The third-order valence-corrected chi connectivity index (χ3v) is 3.96. The monoisotopic (exact) mass is 336 g/mol. The normalized spacial score (nSPS) is 10.2. The molecule has 0 aliphatic heterocycles. The average molecular weight is 337 g/mol. The molecule has 0 aliphatic rings. The van der Waals surface area contributed by atoms with Crippen LogP contribution in [0.1, 0.15) is 0 Å². The fourth-order valence-electron chi connectivity index (χ4n) is 1.50. The molecule has 19 heavy (non-hydrogen) atoms. The maximum Gasteiger partial charge on any atom is 0.234 e. The van der Waals surface area contributed by atoms with Crippen LogP contribution >= 0.6 is 27.7 Å². The van der Waals surface area contributed by atoms with Crippen LogP contribution in [0.5, 0.6) is 0 Å². The molecule has 0 radical (unpaired) electrons. The van der Waals surface area contributed by atoms with E-state index in [9.17, 15) is 4.79 Å². The van der Waals surface area contributed by atoms with Crippen molar-refractivity contribution in [3.63, 3.8) is 0 Å². The number of carbonyl (C=O) groups excluding carboxylic acids is 1. The quantitative estimate of drug-likeness (QED) is 0.660. The maximum absolute atomic E-state index is 11.8. The fraction of sp³-hybridized carbons (Fsp3) is 0.0714. The van der Waals surface area contributed by atoms with Crippen molar-refractivity contribution >= 4 is 45.0 Å². The molecule has 3 nitrogen and oxygen atoms in total. The van der Waals surface area contributed by atoms with Crippen LogP contribution in [0, 0.1) is 0 Å². The van der Waals surface area contributed by atoms with Crippen molar-refractivity contribution in [2.45, 2.75) is 4.90 Å². The summed E-state index contributed by atoms with van der Waals surface area (Å²) in [5.74, 6) is 0.283. The van der Waals surface area contributed by atoms with Gasteiger partial charge < -0.3 is 11.1 Å². The van der Waals surface area contributed by atoms with E-state index >= 15 is 0 Å². The van der Waals surface area contributed by atoms with Crippen LogP contribution in [0.4, 0.5) is 11.4 Å². The van der Waals surface area contributed by atoms with Gasteiger partial charge in [-0.1, -0.05) is 34.1 Å². The Morgan fingerprint density at radius 1 is 1.21 bits per heavy atom. The summed E-state index contributed by atoms with van der Waals surface area (Å²) in [5, 5.41) is 2.83. The first-order valence-corrected chi connectivity index (χ1v) is 7.46. The molecule has 0 unspecified atom stereocenters. The van der Waals surface area contributed by atoms with Crippen LogP contribution in [-0.4, -0.2) is 11.7 Å². The summed E-state index contributed by atoms with van der Waals surface area (Å²) in [6.45, 7) is 0. The molecule has 0 fully saturated rings. The Morgan fingerprint density at radius 3 is 2.68 bits per heavy atom. The lowest BCUT2D eigenvalue weighted by molar-refractivity contribution is -0.113. The second-order valence-corrected chi connectivity index (χ2v) is 5.82. The Hall–Kier alpha value is -1.46. The minimum absolute atomic E-state index is 0.0458. The minimum atomic E-state index is -0.0458. The van der Waals surface area contributed by atoms with Crippen molar-refractivity contribution in [1.82, 2.24) is 0 Å². The van der Waals surface area contributed by atoms with Crippen LogP contribution < -0.4 is 11.1 Å². The van der Waals surface area contributed by atoms with Gasteiger partial charge in [0.25, 0.3) is 0 Å². The first-order chi connectivity index (χ1) is 9.15. The molecule has 0 heterocycles. The SMILES string of the molecule is Nc1ccc(Br)cc1SCC(=O)Nc1ccccc1. The zero-order valence-electron chi connectivity index (χ0n) is 10.1. The zero-order chi connectivity index (χ0) is 13.7. The van der Waals surface area contributed by atoms with E-state index in [-0.39, 0.29) is 5.91 Å². The summed E-state index contributed by atoms with van der Waals surface area (Å²) in [7, 11) is 0. The number of nitrogens with one attached hydrogen (secondary N) is 1. The van der Waals surface area contributed by atoms with Crippen molar-refractivity contribution in [3.8, 4) is 0 Å². The van der Waals surface area contributed by atoms with Gasteiger partial charge in [-0.25, -0.2) is 0 Å². The number of nitrogens with two attached hydrogens (primary N) is 1. The van der Waals surface area contributed by atoms with Crippen molar-refractivity contribution in [3.05, 3.63) is 53.0 Å². The van der Waals surface area contributed by atoms with Gasteiger partial charge in [0.05, 0.1) is 5.75 Å². The lowest BCUT2D eigenvalue weighted by Gasteiger charge is -2.07. The molecule has 1 amide bonds. The van der Waals surface area contributed by atoms with Gasteiger partial charge in [-0.05, 0) is 30.3 Å². The Morgan fingerprint density at radius 2 is 1.95 bits per heavy atom. The van der Waals surface area contributed by atoms with Crippen molar-refractivity contribution in [2.75, 3.05) is 16.8 Å². The molecule has 3 N–H and O–H groups in total. The molecule has 0 atom stereocenters. The number of nitrogen functional groups attached to an aromatic ring is 1. The molecule has 0 aliphatic carbocycles. The van der Waals surface area contributed by atoms with Gasteiger partial charge in [0.15, 0.2) is 0 Å². The van der Waals surface area contributed by atoms with E-state index in [1.54, 1.807) is 0 Å². The van der Waals surface area contributed by atoms with Gasteiger partial charge in [0.2, 0.25) is 5.91 Å². The first kappa shape index (κ1) is 14.0. The average Bonchev–Trinajstić information content (AvgIpc) is 2.41. The number of para-hydroxylation sites is 1. The summed E-state index contributed by atoms with van der Waals surface area (Å²) in [5.41, 5.74) is 7.34. The Labute approximate surface area is 124 Å². The summed E-state index contributed by atoms with van der Waals surface area (Å²) in [4.78, 5) is 12.7. The Bertz CT molecular complexity index is 575. The second kappa shape index (κ2) is 6.63. The topological polar surface area (TPSA) is 55.1 Å². The maximum atomic E-state index is 11.8. The van der Waals surface area contributed by atoms with E-state index in [1.165, 1.54) is 11.8 Å². The number of amides is 1. The molecule has 0 bridgehead atoms. The van der Waals surface area contributed by atoms with Crippen molar-refractivity contribution in [1.29, 1.82) is 0 Å². The highest BCUT2D eigenvalue weighted by atomic mass is 79.9. The smallest absolute Gasteiger partial charge is 0.234 e. The fourth-order valence-corrected chi connectivity index (χ4v) is 2.81. The molecule has 98 valence electrons. The number of hydrogen-bond acceptors (Lipinski definition) is 3. The van der Waals surface area contributed by atoms with Crippen LogP contribution in [0.2, 0.25) is 0 Å². The lowest BCUT2D eigenvalue weighted by atomic mass is 10.3. The third-order valence-electron chi connectivity index (χ3n) is 2.39. The minimum Gasteiger partial charge on any atom is -0.398 e. The van der Waals surface area contributed by atoms with Gasteiger partial charge in [-0.3, -0.25) is 4.79 Å². The highest BCUT2D eigenvalue weighted by molar-refractivity contribution is 9.10. The standard InChI is InChI=1S/C14H13BrN2OS/c15-10-6-7-12(16)13(8-10)19-9-14(18)17-11-4-2-1-3-5-11/h1-8H,9,16H2,(H,17,18). The third kappa shape index (κ3) is 4.29. The Balaban J connectivity index is 1.92. The number of thioether (sulfide) groups is 1. The van der Waals surface area contributed by atoms with E-state index in [0.717, 1.165) is 15.1 Å². The molecule has 0 aromatic heterocycles. The predicted octanol–water partition coefficient (Wildman–Crippen LogP) is 3.76. The lowest BCUT2D eigenvalue weighted by Crippen LogP contribution is -2.13. The van der Waals surface area contributed by atoms with Crippen LogP contribution in [0.15, 0.2) is 57.9 Å². The van der Waals surface area contributed by atoms with Gasteiger partial charge in [0, 0.05) is 20.7 Å². The molecule has 2 rings (SSSR count). The number of benzene rings is 2. The number of halogens is 1. The highest BCUT2D eigenvalue weighted by Gasteiger charge is 2.06. The predicted molar refractivity (Wildman–Crippen MR) is 84.4 cm³/mol. The molecule has 2 aromatic carbocycles. The van der Waals surface area contributed by atoms with Crippen LogP contribution in [-0.2, 0) is 4.79 Å². The van der Waals surface area contributed by atoms with E-state index in [1.807, 2.05) is 48.5 Å². The summed E-state index contributed by atoms with van der Waals surface area (Å²) in [6, 6.07) is 15.0. The molecule has 0 spiro atoms. The molecule has 0 saturated heterocycles. The van der Waals surface area contributed by atoms with Gasteiger partial charge in [-0.15, -0.1) is 11.8 Å². The highest BCUT2D eigenvalue weighted by Crippen LogP contribution is 2.28. The first-order valence-electron chi connectivity index (χ1n) is 5.68. The van der Waals surface area contributed by atoms with Crippen molar-refractivity contribution < 1.29 is 4.79 Å². The Kier molecular flexibility index (Phi) is 4.87. The number of anilines is 2. The molecule has 0 saturated carbocycles.